The average molecular weight is 389 g/mol. The standard InChI is InChI=1S/C24H17ClO3/c25-21-8-4-7-19(17-21)9-15-23(26)20-11-13-22(14-12-20)28-24(27)16-10-18-5-2-1-3-6-18/h1-17H/b15-9+,16-10+. The highest BCUT2D eigenvalue weighted by Crippen LogP contribution is 2.15. The molecule has 0 aliphatic rings. The van der Waals surface area contributed by atoms with Gasteiger partial charge in [-0.1, -0.05) is 60.1 Å². The highest BCUT2D eigenvalue weighted by molar-refractivity contribution is 6.30. The van der Waals surface area contributed by atoms with Crippen LogP contribution in [0.25, 0.3) is 12.2 Å². The van der Waals surface area contributed by atoms with Gasteiger partial charge in [0.2, 0.25) is 0 Å². The first-order valence-electron chi connectivity index (χ1n) is 8.63. The van der Waals surface area contributed by atoms with Gasteiger partial charge in [0.25, 0.3) is 0 Å². The summed E-state index contributed by atoms with van der Waals surface area (Å²) in [6.45, 7) is 0. The van der Waals surface area contributed by atoms with Crippen molar-refractivity contribution in [3.8, 4) is 5.75 Å². The normalized spacial score (nSPS) is 11.0. The van der Waals surface area contributed by atoms with Crippen molar-refractivity contribution in [2.24, 2.45) is 0 Å². The fourth-order valence-electron chi connectivity index (χ4n) is 2.44. The van der Waals surface area contributed by atoms with E-state index in [1.807, 2.05) is 42.5 Å². The van der Waals surface area contributed by atoms with Gasteiger partial charge in [-0.15, -0.1) is 0 Å². The second-order valence-electron chi connectivity index (χ2n) is 5.94. The number of rotatable bonds is 6. The topological polar surface area (TPSA) is 43.4 Å². The SMILES string of the molecule is O=C(/C=C/c1ccccc1)Oc1ccc(C(=O)/C=C/c2cccc(Cl)c2)cc1. The first-order chi connectivity index (χ1) is 13.6. The van der Waals surface area contributed by atoms with Gasteiger partial charge in [0.05, 0.1) is 0 Å². The molecule has 0 amide bonds. The first kappa shape index (κ1) is 19.3. The van der Waals surface area contributed by atoms with Crippen LogP contribution in [0.15, 0.2) is 91.0 Å². The van der Waals surface area contributed by atoms with Crippen molar-refractivity contribution in [2.75, 3.05) is 0 Å². The van der Waals surface area contributed by atoms with Crippen molar-refractivity contribution in [3.05, 3.63) is 113 Å². The van der Waals surface area contributed by atoms with Gasteiger partial charge in [-0.3, -0.25) is 4.79 Å². The van der Waals surface area contributed by atoms with Crippen LogP contribution in [0.4, 0.5) is 0 Å². The molecule has 0 N–H and O–H groups in total. The molecule has 0 saturated carbocycles. The molecule has 0 saturated heterocycles. The highest BCUT2D eigenvalue weighted by atomic mass is 35.5. The third-order valence-electron chi connectivity index (χ3n) is 3.84. The summed E-state index contributed by atoms with van der Waals surface area (Å²) in [5.74, 6) is -0.260. The summed E-state index contributed by atoms with van der Waals surface area (Å²) in [5.41, 5.74) is 2.25. The molecule has 0 unspecified atom stereocenters. The van der Waals surface area contributed by atoms with Crippen molar-refractivity contribution < 1.29 is 14.3 Å². The Morgan fingerprint density at radius 3 is 2.14 bits per heavy atom. The van der Waals surface area contributed by atoms with E-state index in [1.54, 1.807) is 48.6 Å². The number of carbonyl (C=O) groups is 2. The Morgan fingerprint density at radius 2 is 1.43 bits per heavy atom. The maximum atomic E-state index is 12.3. The molecule has 138 valence electrons. The van der Waals surface area contributed by atoms with E-state index in [4.69, 9.17) is 16.3 Å². The largest absolute Gasteiger partial charge is 0.423 e. The van der Waals surface area contributed by atoms with Crippen molar-refractivity contribution in [2.45, 2.75) is 0 Å². The molecular formula is C24H17ClO3. The predicted octanol–water partition coefficient (Wildman–Crippen LogP) is 5.85. The number of carbonyl (C=O) groups excluding carboxylic acids is 2. The Bertz CT molecular complexity index is 1020. The molecule has 3 nitrogen and oxygen atoms in total. The zero-order valence-electron chi connectivity index (χ0n) is 14.9. The van der Waals surface area contributed by atoms with Gasteiger partial charge >= 0.3 is 5.97 Å². The Morgan fingerprint density at radius 1 is 0.750 bits per heavy atom. The minimum atomic E-state index is -0.483. The van der Waals surface area contributed by atoms with E-state index in [0.29, 0.717) is 16.3 Å². The van der Waals surface area contributed by atoms with Gasteiger partial charge in [-0.05, 0) is 59.7 Å². The lowest BCUT2D eigenvalue weighted by atomic mass is 10.1. The molecule has 3 rings (SSSR count). The van der Waals surface area contributed by atoms with Crippen molar-refractivity contribution in [1.29, 1.82) is 0 Å². The van der Waals surface area contributed by atoms with Crippen LogP contribution in [-0.2, 0) is 4.79 Å². The lowest BCUT2D eigenvalue weighted by Crippen LogP contribution is -2.04. The van der Waals surface area contributed by atoms with Gasteiger partial charge in [0.1, 0.15) is 5.75 Å². The molecule has 0 bridgehead atoms. The van der Waals surface area contributed by atoms with Crippen LogP contribution in [0, 0.1) is 0 Å². The molecule has 0 radical (unpaired) electrons. The molecule has 3 aromatic carbocycles. The first-order valence-corrected chi connectivity index (χ1v) is 9.01. The molecule has 0 aliphatic heterocycles. The lowest BCUT2D eigenvalue weighted by Gasteiger charge is -2.02. The maximum Gasteiger partial charge on any atom is 0.336 e. The van der Waals surface area contributed by atoms with E-state index in [-0.39, 0.29) is 5.78 Å². The zero-order chi connectivity index (χ0) is 19.8. The summed E-state index contributed by atoms with van der Waals surface area (Å²) in [4.78, 5) is 24.2. The smallest absolute Gasteiger partial charge is 0.336 e. The third kappa shape index (κ3) is 5.79. The van der Waals surface area contributed by atoms with Gasteiger partial charge in [0.15, 0.2) is 5.78 Å². The molecule has 0 fully saturated rings. The van der Waals surface area contributed by atoms with E-state index >= 15 is 0 Å². The molecule has 3 aromatic rings. The third-order valence-corrected chi connectivity index (χ3v) is 4.08. The Hall–Kier alpha value is -3.43. The maximum absolute atomic E-state index is 12.3. The van der Waals surface area contributed by atoms with Crippen LogP contribution in [0.2, 0.25) is 5.02 Å². The summed E-state index contributed by atoms with van der Waals surface area (Å²) < 4.78 is 5.24. The number of esters is 1. The Kier molecular flexibility index (Phi) is 6.55. The fourth-order valence-corrected chi connectivity index (χ4v) is 2.64. The number of halogens is 1. The molecule has 0 aliphatic carbocycles. The molecule has 0 aromatic heterocycles. The van der Waals surface area contributed by atoms with Gasteiger partial charge in [-0.25, -0.2) is 4.79 Å². The van der Waals surface area contributed by atoms with E-state index in [9.17, 15) is 9.59 Å². The number of allylic oxidation sites excluding steroid dienone is 1. The zero-order valence-corrected chi connectivity index (χ0v) is 15.7. The molecular weight excluding hydrogens is 372 g/mol. The number of benzene rings is 3. The van der Waals surface area contributed by atoms with Crippen LogP contribution < -0.4 is 4.74 Å². The molecule has 4 heteroatoms. The fraction of sp³-hybridized carbons (Fsp3) is 0. The number of hydrogen-bond acceptors (Lipinski definition) is 3. The second-order valence-corrected chi connectivity index (χ2v) is 6.38. The Balaban J connectivity index is 1.59. The van der Waals surface area contributed by atoms with Crippen LogP contribution in [0.1, 0.15) is 21.5 Å². The monoisotopic (exact) mass is 388 g/mol. The minimum absolute atomic E-state index is 0.151. The van der Waals surface area contributed by atoms with Gasteiger partial charge in [-0.2, -0.15) is 0 Å². The van der Waals surface area contributed by atoms with Crippen molar-refractivity contribution >= 4 is 35.5 Å². The Labute approximate surface area is 168 Å². The average Bonchev–Trinajstić information content (AvgIpc) is 2.72. The summed E-state index contributed by atoms with van der Waals surface area (Å²) in [7, 11) is 0. The number of ketones is 1. The van der Waals surface area contributed by atoms with Crippen LogP contribution >= 0.6 is 11.6 Å². The van der Waals surface area contributed by atoms with Crippen LogP contribution in [-0.4, -0.2) is 11.8 Å². The molecule has 28 heavy (non-hydrogen) atoms. The van der Waals surface area contributed by atoms with Gasteiger partial charge in [0, 0.05) is 16.7 Å². The number of hydrogen-bond donors (Lipinski definition) is 0. The molecule has 0 spiro atoms. The summed E-state index contributed by atoms with van der Waals surface area (Å²) in [5, 5.41) is 0.613. The van der Waals surface area contributed by atoms with Crippen molar-refractivity contribution in [3.63, 3.8) is 0 Å². The lowest BCUT2D eigenvalue weighted by molar-refractivity contribution is -0.128. The summed E-state index contributed by atoms with van der Waals surface area (Å²) in [6.07, 6.45) is 6.23. The van der Waals surface area contributed by atoms with Crippen molar-refractivity contribution in [1.82, 2.24) is 0 Å². The predicted molar refractivity (Wildman–Crippen MR) is 112 cm³/mol. The van der Waals surface area contributed by atoms with E-state index in [0.717, 1.165) is 11.1 Å². The molecule has 0 heterocycles. The van der Waals surface area contributed by atoms with E-state index in [2.05, 4.69) is 0 Å². The second kappa shape index (κ2) is 9.49. The van der Waals surface area contributed by atoms with E-state index < -0.39 is 5.97 Å². The summed E-state index contributed by atoms with van der Waals surface area (Å²) >= 11 is 5.93. The summed E-state index contributed by atoms with van der Waals surface area (Å²) in [6, 6.07) is 23.1. The number of ether oxygens (including phenoxy) is 1. The van der Waals surface area contributed by atoms with Crippen LogP contribution in [0.3, 0.4) is 0 Å². The highest BCUT2D eigenvalue weighted by Gasteiger charge is 2.05. The van der Waals surface area contributed by atoms with E-state index in [1.165, 1.54) is 12.2 Å². The quantitative estimate of drug-likeness (QED) is 0.230. The molecule has 0 atom stereocenters. The van der Waals surface area contributed by atoms with Crippen LogP contribution in [0.5, 0.6) is 5.75 Å². The minimum Gasteiger partial charge on any atom is -0.423 e. The van der Waals surface area contributed by atoms with Gasteiger partial charge < -0.3 is 4.74 Å².